The second-order valence-electron chi connectivity index (χ2n) is 11.2. The molecule has 0 aliphatic carbocycles. The Labute approximate surface area is 238 Å². The number of hydrogen-bond donors (Lipinski definition) is 1. The van der Waals surface area contributed by atoms with Crippen LogP contribution < -0.4 is 10.2 Å². The molecule has 1 N–H and O–H groups in total. The molecule has 39 heavy (non-hydrogen) atoms. The summed E-state index contributed by atoms with van der Waals surface area (Å²) in [4.78, 5) is 50.3. The normalized spacial score (nSPS) is 24.4. The Kier molecular flexibility index (Phi) is 8.28. The van der Waals surface area contributed by atoms with Crippen LogP contribution in [0, 0.1) is 12.8 Å². The molecule has 3 saturated heterocycles. The van der Waals surface area contributed by atoms with E-state index >= 15 is 0 Å². The Hall–Kier alpha value is -2.53. The van der Waals surface area contributed by atoms with Crippen LogP contribution in [0.1, 0.15) is 36.2 Å². The Morgan fingerprint density at radius 1 is 1.23 bits per heavy atom. The van der Waals surface area contributed by atoms with Gasteiger partial charge >= 0.3 is 0 Å². The summed E-state index contributed by atoms with van der Waals surface area (Å²) in [6, 6.07) is 4.09. The molecule has 2 aromatic rings. The number of aromatic nitrogens is 1. The number of amides is 2. The number of carbonyl (C=O) groups excluding carboxylic acids is 3. The first kappa shape index (κ1) is 28.0. The molecule has 4 heterocycles. The fourth-order valence-electron chi connectivity index (χ4n) is 5.58. The van der Waals surface area contributed by atoms with E-state index in [1.54, 1.807) is 17.4 Å². The molecule has 0 saturated carbocycles. The van der Waals surface area contributed by atoms with Crippen LogP contribution >= 0.6 is 22.9 Å². The van der Waals surface area contributed by atoms with Gasteiger partial charge in [0.1, 0.15) is 24.8 Å². The quantitative estimate of drug-likeness (QED) is 0.509. The van der Waals surface area contributed by atoms with Gasteiger partial charge in [0.25, 0.3) is 5.91 Å². The highest BCUT2D eigenvalue weighted by Crippen LogP contribution is 2.32. The molecule has 0 radical (unpaired) electrons. The van der Waals surface area contributed by atoms with Gasteiger partial charge in [0.05, 0.1) is 11.1 Å². The van der Waals surface area contributed by atoms with Gasteiger partial charge in [0.2, 0.25) is 5.91 Å². The van der Waals surface area contributed by atoms with Crippen molar-refractivity contribution >= 4 is 45.7 Å². The van der Waals surface area contributed by atoms with Crippen LogP contribution in [0.3, 0.4) is 0 Å². The van der Waals surface area contributed by atoms with E-state index in [0.29, 0.717) is 12.0 Å². The van der Waals surface area contributed by atoms with Crippen LogP contribution in [-0.2, 0) is 14.3 Å². The van der Waals surface area contributed by atoms with Crippen molar-refractivity contribution in [3.63, 3.8) is 0 Å². The summed E-state index contributed by atoms with van der Waals surface area (Å²) < 4.78 is 5.52. The standard InChI is InChI=1S/C28H36ClN5O4S/c1-16(2)11-21(27(37)34-13-20(29)25-24(34)23(35)14-38-25)30-26(36)18-5-6-19(17(3)12-18)22-15-39-28(31-22)33-9-7-32(4)8-10-33/h5-6,12,15-16,20-21,24-25H,7-11,13-14H2,1-4H3,(H,30,36). The molecule has 2 amide bonds. The number of carbonyl (C=O) groups is 3. The zero-order valence-corrected chi connectivity index (χ0v) is 24.4. The number of fused-ring (bicyclic) bond motifs is 1. The number of Topliss-reactive ketones (excluding diaryl/α,β-unsaturated/α-hetero) is 1. The van der Waals surface area contributed by atoms with Gasteiger partial charge in [0, 0.05) is 49.2 Å². The Morgan fingerprint density at radius 3 is 2.67 bits per heavy atom. The third kappa shape index (κ3) is 5.84. The van der Waals surface area contributed by atoms with Gasteiger partial charge in [-0.05, 0) is 44.0 Å². The van der Waals surface area contributed by atoms with Crippen molar-refractivity contribution in [3.05, 3.63) is 34.7 Å². The molecule has 11 heteroatoms. The van der Waals surface area contributed by atoms with Gasteiger partial charge in [0.15, 0.2) is 10.9 Å². The number of ketones is 1. The number of ether oxygens (including phenoxy) is 1. The summed E-state index contributed by atoms with van der Waals surface area (Å²) in [5.41, 5.74) is 3.29. The summed E-state index contributed by atoms with van der Waals surface area (Å²) in [6.45, 7) is 10.1. The fraction of sp³-hybridized carbons (Fsp3) is 0.571. The van der Waals surface area contributed by atoms with Crippen molar-refractivity contribution < 1.29 is 19.1 Å². The summed E-state index contributed by atoms with van der Waals surface area (Å²) >= 11 is 8.04. The Bertz CT molecular complexity index is 1240. The zero-order valence-electron chi connectivity index (χ0n) is 22.9. The summed E-state index contributed by atoms with van der Waals surface area (Å²) in [6.07, 6.45) is -0.0398. The van der Waals surface area contributed by atoms with Crippen LogP contribution in [-0.4, -0.2) is 102 Å². The van der Waals surface area contributed by atoms with Gasteiger partial charge < -0.3 is 24.8 Å². The molecule has 3 aliphatic rings. The lowest BCUT2D eigenvalue weighted by atomic mass is 10.00. The maximum absolute atomic E-state index is 13.6. The van der Waals surface area contributed by atoms with Crippen molar-refractivity contribution in [1.82, 2.24) is 20.1 Å². The first-order valence-electron chi connectivity index (χ1n) is 13.5. The number of likely N-dealkylation sites (N-methyl/N-ethyl adjacent to an activating group) is 1. The van der Waals surface area contributed by atoms with E-state index < -0.39 is 23.6 Å². The molecular formula is C28H36ClN5O4S. The largest absolute Gasteiger partial charge is 0.366 e. The number of alkyl halides is 1. The van der Waals surface area contributed by atoms with Gasteiger partial charge in [-0.15, -0.1) is 22.9 Å². The zero-order chi connectivity index (χ0) is 27.8. The van der Waals surface area contributed by atoms with E-state index in [1.165, 1.54) is 4.90 Å². The van der Waals surface area contributed by atoms with Gasteiger partial charge in [-0.3, -0.25) is 14.4 Å². The topological polar surface area (TPSA) is 95.1 Å². The highest BCUT2D eigenvalue weighted by Gasteiger charge is 2.52. The maximum atomic E-state index is 13.6. The molecule has 1 aromatic heterocycles. The number of hydrogen-bond acceptors (Lipinski definition) is 8. The average molecular weight is 574 g/mol. The number of nitrogens with one attached hydrogen (secondary N) is 1. The van der Waals surface area contributed by atoms with Crippen LogP contribution in [0.2, 0.25) is 0 Å². The Balaban J connectivity index is 1.29. The first-order valence-corrected chi connectivity index (χ1v) is 14.8. The van der Waals surface area contributed by atoms with Crippen LogP contribution in [0.15, 0.2) is 23.6 Å². The van der Waals surface area contributed by atoms with Gasteiger partial charge in [-0.1, -0.05) is 19.9 Å². The lowest BCUT2D eigenvalue weighted by Gasteiger charge is -2.32. The van der Waals surface area contributed by atoms with Crippen molar-refractivity contribution in [2.45, 2.75) is 50.8 Å². The fourth-order valence-corrected chi connectivity index (χ4v) is 6.82. The highest BCUT2D eigenvalue weighted by molar-refractivity contribution is 7.14. The van der Waals surface area contributed by atoms with Crippen molar-refractivity contribution in [3.8, 4) is 11.3 Å². The van der Waals surface area contributed by atoms with E-state index in [9.17, 15) is 14.4 Å². The van der Waals surface area contributed by atoms with Crippen molar-refractivity contribution in [2.24, 2.45) is 5.92 Å². The van der Waals surface area contributed by atoms with Crippen LogP contribution in [0.4, 0.5) is 5.13 Å². The number of anilines is 1. The molecular weight excluding hydrogens is 538 g/mol. The highest BCUT2D eigenvalue weighted by atomic mass is 35.5. The number of rotatable bonds is 7. The van der Waals surface area contributed by atoms with E-state index in [2.05, 4.69) is 27.5 Å². The maximum Gasteiger partial charge on any atom is 0.251 e. The molecule has 1 aromatic carbocycles. The predicted molar refractivity (Wildman–Crippen MR) is 153 cm³/mol. The van der Waals surface area contributed by atoms with Crippen LogP contribution in [0.25, 0.3) is 11.3 Å². The van der Waals surface area contributed by atoms with Crippen LogP contribution in [0.5, 0.6) is 0 Å². The molecule has 5 rings (SSSR count). The average Bonchev–Trinajstić information content (AvgIpc) is 3.61. The lowest BCUT2D eigenvalue weighted by molar-refractivity contribution is -0.138. The number of halogens is 1. The SMILES string of the molecule is Cc1cc(C(=O)NC(CC(C)C)C(=O)N2CC(Cl)C3OCC(=O)C32)ccc1-c1csc(N2CCN(C)CC2)n1. The second-order valence-corrected chi connectivity index (χ2v) is 12.6. The molecule has 3 fully saturated rings. The van der Waals surface area contributed by atoms with Gasteiger partial charge in [-0.25, -0.2) is 4.98 Å². The molecule has 4 unspecified atom stereocenters. The van der Waals surface area contributed by atoms with E-state index in [4.69, 9.17) is 21.3 Å². The minimum Gasteiger partial charge on any atom is -0.366 e. The molecule has 9 nitrogen and oxygen atoms in total. The summed E-state index contributed by atoms with van der Waals surface area (Å²) in [7, 11) is 2.13. The smallest absolute Gasteiger partial charge is 0.251 e. The Morgan fingerprint density at radius 2 is 1.97 bits per heavy atom. The van der Waals surface area contributed by atoms with Gasteiger partial charge in [-0.2, -0.15) is 0 Å². The second kappa shape index (κ2) is 11.5. The van der Waals surface area contributed by atoms with E-state index in [1.807, 2.05) is 32.9 Å². The van der Waals surface area contributed by atoms with Crippen molar-refractivity contribution in [1.29, 1.82) is 0 Å². The minimum atomic E-state index is -0.766. The number of aryl methyl sites for hydroxylation is 1. The lowest BCUT2D eigenvalue weighted by Crippen LogP contribution is -2.52. The third-order valence-corrected chi connectivity index (χ3v) is 9.03. The predicted octanol–water partition coefficient (Wildman–Crippen LogP) is 2.80. The first-order chi connectivity index (χ1) is 18.6. The monoisotopic (exact) mass is 573 g/mol. The number of likely N-dealkylation sites (tertiary alicyclic amines) is 1. The molecule has 0 spiro atoms. The molecule has 210 valence electrons. The summed E-state index contributed by atoms with van der Waals surface area (Å²) in [5.74, 6) is -0.605. The van der Waals surface area contributed by atoms with Crippen molar-refractivity contribution in [2.75, 3.05) is 51.3 Å². The molecule has 4 atom stereocenters. The van der Waals surface area contributed by atoms with E-state index in [0.717, 1.165) is 48.1 Å². The molecule has 3 aliphatic heterocycles. The number of thiazole rings is 1. The number of benzene rings is 1. The summed E-state index contributed by atoms with van der Waals surface area (Å²) in [5, 5.41) is 5.57. The number of nitrogens with zero attached hydrogens (tertiary/aromatic N) is 4. The number of piperazine rings is 1. The van der Waals surface area contributed by atoms with E-state index in [-0.39, 0.29) is 36.7 Å². The third-order valence-electron chi connectivity index (χ3n) is 7.75. The molecule has 0 bridgehead atoms. The minimum absolute atomic E-state index is 0.0367.